The van der Waals surface area contributed by atoms with E-state index in [0.29, 0.717) is 32.1 Å². The van der Waals surface area contributed by atoms with Gasteiger partial charge in [0.05, 0.1) is 12.0 Å². The largest absolute Gasteiger partial charge is 0.405 e. The van der Waals surface area contributed by atoms with Gasteiger partial charge in [-0.2, -0.15) is 13.2 Å². The van der Waals surface area contributed by atoms with Crippen LogP contribution in [-0.4, -0.2) is 30.2 Å². The van der Waals surface area contributed by atoms with Crippen LogP contribution in [0.25, 0.3) is 4.85 Å². The molecule has 0 aliphatic heterocycles. The van der Waals surface area contributed by atoms with Crippen molar-refractivity contribution in [3.8, 4) is 0 Å². The lowest BCUT2D eigenvalue weighted by molar-refractivity contribution is -0.222. The molecule has 0 heterocycles. The third kappa shape index (κ3) is 4.10. The van der Waals surface area contributed by atoms with Crippen LogP contribution in [0.15, 0.2) is 11.8 Å². The van der Waals surface area contributed by atoms with Crippen LogP contribution in [0.1, 0.15) is 99.8 Å². The van der Waals surface area contributed by atoms with Crippen molar-refractivity contribution in [1.82, 2.24) is 5.32 Å². The molecule has 0 saturated heterocycles. The molecule has 5 aliphatic carbocycles. The number of fused-ring (bicyclic) bond motifs is 7. The van der Waals surface area contributed by atoms with Gasteiger partial charge in [0, 0.05) is 17.8 Å². The summed E-state index contributed by atoms with van der Waals surface area (Å²) in [6.07, 6.45) is 2.21. The van der Waals surface area contributed by atoms with E-state index < -0.39 is 46.2 Å². The number of rotatable bonds is 2. The van der Waals surface area contributed by atoms with Gasteiger partial charge in [0.2, 0.25) is 11.6 Å². The quantitative estimate of drug-likeness (QED) is 0.352. The highest BCUT2D eigenvalue weighted by Crippen LogP contribution is 2.75. The summed E-state index contributed by atoms with van der Waals surface area (Å²) < 4.78 is 39.4. The van der Waals surface area contributed by atoms with Crippen LogP contribution in [0, 0.1) is 62.7 Å². The number of nitrogens with one attached hydrogen (secondary N) is 1. The second-order valence-electron chi connectivity index (χ2n) is 16.1. The van der Waals surface area contributed by atoms with E-state index in [4.69, 9.17) is 6.57 Å². The van der Waals surface area contributed by atoms with Gasteiger partial charge < -0.3 is 10.1 Å². The molecule has 0 aromatic carbocycles. The van der Waals surface area contributed by atoms with E-state index >= 15 is 0 Å². The molecule has 5 nitrogen and oxygen atoms in total. The van der Waals surface area contributed by atoms with Gasteiger partial charge in [0.25, 0.3) is 0 Å². The molecule has 4 fully saturated rings. The van der Waals surface area contributed by atoms with Gasteiger partial charge in [-0.15, -0.1) is 0 Å². The molecule has 1 amide bonds. The van der Waals surface area contributed by atoms with Crippen LogP contribution >= 0.6 is 0 Å². The second kappa shape index (κ2) is 8.92. The fourth-order valence-corrected chi connectivity index (χ4v) is 11.0. The average Bonchev–Trinajstić information content (AvgIpc) is 2.85. The Morgan fingerprint density at radius 1 is 0.976 bits per heavy atom. The Balaban J connectivity index is 1.59. The van der Waals surface area contributed by atoms with Gasteiger partial charge in [-0.3, -0.25) is 9.59 Å². The number of amides is 1. The molecule has 0 spiro atoms. The van der Waals surface area contributed by atoms with Gasteiger partial charge in [-0.05, 0) is 84.4 Å². The normalized spacial score (nSPS) is 44.8. The minimum absolute atomic E-state index is 0.00321. The second-order valence-corrected chi connectivity index (χ2v) is 16.1. The standard InChI is InChI=1S/C33H45F3N2O3/c1-27(2)11-13-32(26(41)38-18-33(34,35)36)14-12-31(7)24(19(32)16-27)21(39)15-23-29(5)17-20(37-8)25(40)28(3,4)22(29)9-10-30(23,31)6/h17,19,22-24H,9-16,18H2,1-7H3,(H,38,41)/t19-,22-,23+,24-,29-,30+,31+,32-/m0/s1. The zero-order valence-corrected chi connectivity index (χ0v) is 25.6. The first kappa shape index (κ1) is 30.3. The number of hydrogen-bond donors (Lipinski definition) is 1. The lowest BCUT2D eigenvalue weighted by Crippen LogP contribution is -2.69. The van der Waals surface area contributed by atoms with E-state index in [1.807, 2.05) is 19.9 Å². The molecule has 41 heavy (non-hydrogen) atoms. The molecule has 226 valence electrons. The zero-order valence-electron chi connectivity index (χ0n) is 25.6. The maximum Gasteiger partial charge on any atom is 0.405 e. The minimum Gasteiger partial charge on any atom is -0.346 e. The highest BCUT2D eigenvalue weighted by Gasteiger charge is 2.72. The Morgan fingerprint density at radius 3 is 2.22 bits per heavy atom. The summed E-state index contributed by atoms with van der Waals surface area (Å²) in [5, 5.41) is 2.22. The predicted molar refractivity (Wildman–Crippen MR) is 149 cm³/mol. The number of carbonyl (C=O) groups excluding carboxylic acids is 3. The number of carbonyl (C=O) groups is 3. The first-order chi connectivity index (χ1) is 18.7. The molecular formula is C33H45F3N2O3. The molecule has 8 heteroatoms. The Labute approximate surface area is 242 Å². The van der Waals surface area contributed by atoms with E-state index in [1.165, 1.54) is 0 Å². The van der Waals surface area contributed by atoms with Crippen molar-refractivity contribution in [2.24, 2.45) is 56.2 Å². The Kier molecular flexibility index (Phi) is 6.59. The summed E-state index contributed by atoms with van der Waals surface area (Å²) in [6.45, 7) is 21.1. The zero-order chi connectivity index (χ0) is 30.6. The molecule has 0 aromatic heterocycles. The fourth-order valence-electron chi connectivity index (χ4n) is 11.0. The molecule has 0 aromatic rings. The summed E-state index contributed by atoms with van der Waals surface area (Å²) in [4.78, 5) is 45.1. The summed E-state index contributed by atoms with van der Waals surface area (Å²) in [6, 6.07) is 0. The van der Waals surface area contributed by atoms with Crippen molar-refractivity contribution in [2.75, 3.05) is 6.54 Å². The number of ketones is 2. The Hall–Kier alpha value is -2.17. The van der Waals surface area contributed by atoms with Gasteiger partial charge in [0.1, 0.15) is 12.3 Å². The molecule has 8 atom stereocenters. The van der Waals surface area contributed by atoms with Crippen molar-refractivity contribution < 1.29 is 27.6 Å². The van der Waals surface area contributed by atoms with Crippen molar-refractivity contribution in [1.29, 1.82) is 0 Å². The molecule has 5 rings (SSSR count). The van der Waals surface area contributed by atoms with Gasteiger partial charge in [0.15, 0.2) is 5.78 Å². The smallest absolute Gasteiger partial charge is 0.346 e. The van der Waals surface area contributed by atoms with Crippen molar-refractivity contribution in [2.45, 2.75) is 106 Å². The molecule has 0 radical (unpaired) electrons. The maximum absolute atomic E-state index is 14.5. The topological polar surface area (TPSA) is 67.6 Å². The number of hydrogen-bond acceptors (Lipinski definition) is 3. The number of Topliss-reactive ketones (excluding diaryl/α,β-unsaturated/α-hetero) is 2. The summed E-state index contributed by atoms with van der Waals surface area (Å²) >= 11 is 0. The van der Waals surface area contributed by atoms with E-state index in [2.05, 4.69) is 44.8 Å². The highest BCUT2D eigenvalue weighted by molar-refractivity contribution is 6.02. The van der Waals surface area contributed by atoms with Crippen LogP contribution in [0.4, 0.5) is 13.2 Å². The van der Waals surface area contributed by atoms with Gasteiger partial charge >= 0.3 is 6.18 Å². The predicted octanol–water partition coefficient (Wildman–Crippen LogP) is 7.32. The Bertz CT molecular complexity index is 1260. The third-order valence-corrected chi connectivity index (χ3v) is 13.3. The van der Waals surface area contributed by atoms with Crippen LogP contribution in [0.5, 0.6) is 0 Å². The van der Waals surface area contributed by atoms with Crippen molar-refractivity contribution in [3.05, 3.63) is 23.2 Å². The maximum atomic E-state index is 14.5. The summed E-state index contributed by atoms with van der Waals surface area (Å²) in [7, 11) is 0. The minimum atomic E-state index is -4.50. The van der Waals surface area contributed by atoms with E-state index in [-0.39, 0.29) is 45.8 Å². The first-order valence-corrected chi connectivity index (χ1v) is 15.2. The summed E-state index contributed by atoms with van der Waals surface area (Å²) in [5.74, 6) is -1.39. The van der Waals surface area contributed by atoms with E-state index in [1.54, 1.807) is 0 Å². The van der Waals surface area contributed by atoms with Crippen LogP contribution in [0.2, 0.25) is 0 Å². The van der Waals surface area contributed by atoms with Crippen molar-refractivity contribution >= 4 is 17.5 Å². The van der Waals surface area contributed by atoms with Crippen LogP contribution < -0.4 is 5.32 Å². The lowest BCUT2D eigenvalue weighted by Gasteiger charge is -2.71. The number of halogens is 3. The number of allylic oxidation sites excluding steroid dienone is 2. The van der Waals surface area contributed by atoms with Gasteiger partial charge in [-0.25, -0.2) is 4.85 Å². The van der Waals surface area contributed by atoms with Crippen LogP contribution in [0.3, 0.4) is 0 Å². The molecule has 5 aliphatic rings. The SMILES string of the molecule is [C-]#[N+]C1=C[C@]2(C)[C@H]3CC(=O)[C@@H]4[C@@H]5CC(C)(C)CC[C@]5(C(=O)NCC(F)(F)F)CC[C@@]4(C)[C@]3(C)CC[C@H]2C(C)(C)C1=O. The third-order valence-electron chi connectivity index (χ3n) is 13.3. The molecular weight excluding hydrogens is 529 g/mol. The molecule has 0 unspecified atom stereocenters. The van der Waals surface area contributed by atoms with Gasteiger partial charge in [-0.1, -0.05) is 54.5 Å². The number of alkyl halides is 3. The Morgan fingerprint density at radius 2 is 1.61 bits per heavy atom. The monoisotopic (exact) mass is 574 g/mol. The molecule has 0 bridgehead atoms. The number of nitrogens with zero attached hydrogens (tertiary/aromatic N) is 1. The lowest BCUT2D eigenvalue weighted by atomic mass is 9.31. The summed E-state index contributed by atoms with van der Waals surface area (Å²) in [5.41, 5.74) is -2.93. The highest BCUT2D eigenvalue weighted by atomic mass is 19.4. The van der Waals surface area contributed by atoms with E-state index in [0.717, 1.165) is 19.3 Å². The van der Waals surface area contributed by atoms with Crippen molar-refractivity contribution in [3.63, 3.8) is 0 Å². The first-order valence-electron chi connectivity index (χ1n) is 15.2. The fraction of sp³-hybridized carbons (Fsp3) is 0.818. The molecule has 1 N–H and O–H groups in total. The van der Waals surface area contributed by atoms with Crippen LogP contribution in [-0.2, 0) is 14.4 Å². The average molecular weight is 575 g/mol. The van der Waals surface area contributed by atoms with E-state index in [9.17, 15) is 27.6 Å². The molecule has 4 saturated carbocycles.